The third-order valence-corrected chi connectivity index (χ3v) is 8.04. The Morgan fingerprint density at radius 1 is 0.414 bits per heavy atom. The molecule has 6 amide bonds. The zero-order valence-corrected chi connectivity index (χ0v) is 34.2. The van der Waals surface area contributed by atoms with Crippen molar-refractivity contribution < 1.29 is 57.2 Å². The summed E-state index contributed by atoms with van der Waals surface area (Å²) in [6, 6.07) is 0. The van der Waals surface area contributed by atoms with Crippen LogP contribution in [0, 0.1) is 10.8 Å². The van der Waals surface area contributed by atoms with Crippen LogP contribution in [0.4, 0.5) is 0 Å². The van der Waals surface area contributed by atoms with Crippen LogP contribution in [-0.2, 0) is 57.2 Å². The zero-order chi connectivity index (χ0) is 43.3. The van der Waals surface area contributed by atoms with Gasteiger partial charge in [-0.25, -0.2) is 0 Å². The van der Waals surface area contributed by atoms with Gasteiger partial charge in [0.15, 0.2) is 0 Å². The van der Waals surface area contributed by atoms with Gasteiger partial charge in [0, 0.05) is 51.1 Å². The summed E-state index contributed by atoms with van der Waals surface area (Å²) in [5, 5.41) is 16.2. The number of hydrogen-bond donors (Lipinski definition) is 6. The Kier molecular flexibility index (Phi) is 31.5. The Morgan fingerprint density at radius 3 is 1.02 bits per heavy atom. The fraction of sp³-hybridized carbons (Fsp3) is 0.600. The second kappa shape index (κ2) is 34.3. The molecule has 0 saturated carbocycles. The highest BCUT2D eigenvalue weighted by molar-refractivity contribution is 5.88. The van der Waals surface area contributed by atoms with E-state index in [9.17, 15) is 28.8 Å². The molecule has 1 atom stereocenters. The summed E-state index contributed by atoms with van der Waals surface area (Å²) in [6.45, 7) is 21.9. The van der Waals surface area contributed by atoms with E-state index in [1.807, 2.05) is 0 Å². The standard InChI is InChI=1S/C40H66N6O12/c1-7-33(47)41-15-13-14-39(26-53-21-16-42-34(48)8-2,27-54-22-17-43-35(49)9-3)28-58-32-40(29-55-23-18-44-36(50)10-4,30-56-24-19-45-37(51)11-5)31-57-25-20-46-38(52)12-6/h7-8,10-12H,1-2,4-6,9,13-32H2,3H3,(H,41,47)(H,42,48)(H,43,49)(H,44,50)(H,45,51)(H,46,52). The summed E-state index contributed by atoms with van der Waals surface area (Å²) in [4.78, 5) is 70.5. The van der Waals surface area contributed by atoms with Gasteiger partial charge in [-0.3, -0.25) is 28.8 Å². The van der Waals surface area contributed by atoms with E-state index < -0.39 is 10.8 Å². The first-order chi connectivity index (χ1) is 27.9. The molecule has 0 bridgehead atoms. The van der Waals surface area contributed by atoms with Gasteiger partial charge >= 0.3 is 0 Å². The highest BCUT2D eigenvalue weighted by Crippen LogP contribution is 2.28. The molecule has 1 unspecified atom stereocenters. The monoisotopic (exact) mass is 822 g/mol. The van der Waals surface area contributed by atoms with Gasteiger partial charge in [0.25, 0.3) is 0 Å². The number of carbonyl (C=O) groups excluding carboxylic acids is 6. The van der Waals surface area contributed by atoms with Gasteiger partial charge < -0.3 is 60.3 Å². The molecule has 6 N–H and O–H groups in total. The maximum Gasteiger partial charge on any atom is 0.243 e. The summed E-state index contributed by atoms with van der Waals surface area (Å²) >= 11 is 0. The number of ether oxygens (including phenoxy) is 6. The van der Waals surface area contributed by atoms with E-state index in [2.05, 4.69) is 64.8 Å². The second-order valence-corrected chi connectivity index (χ2v) is 13.0. The molecule has 0 aromatic heterocycles. The topological polar surface area (TPSA) is 230 Å². The predicted molar refractivity (Wildman–Crippen MR) is 218 cm³/mol. The Labute approximate surface area is 342 Å². The van der Waals surface area contributed by atoms with Crippen LogP contribution >= 0.6 is 0 Å². The average Bonchev–Trinajstić information content (AvgIpc) is 3.23. The first kappa shape index (κ1) is 53.3. The maximum absolute atomic E-state index is 11.9. The number of nitrogens with one attached hydrogen (secondary N) is 6. The Bertz CT molecular complexity index is 1220. The van der Waals surface area contributed by atoms with Crippen LogP contribution in [0.15, 0.2) is 63.3 Å². The van der Waals surface area contributed by atoms with Gasteiger partial charge in [-0.2, -0.15) is 0 Å². The van der Waals surface area contributed by atoms with Gasteiger partial charge in [-0.05, 0) is 43.2 Å². The van der Waals surface area contributed by atoms with Crippen molar-refractivity contribution in [2.24, 2.45) is 10.8 Å². The summed E-state index contributed by atoms with van der Waals surface area (Å²) in [5.41, 5.74) is -1.73. The van der Waals surface area contributed by atoms with Crippen molar-refractivity contribution in [1.82, 2.24) is 31.9 Å². The molecule has 0 aliphatic rings. The predicted octanol–water partition coefficient (Wildman–Crippen LogP) is -0.124. The lowest BCUT2D eigenvalue weighted by atomic mass is 9.85. The smallest absolute Gasteiger partial charge is 0.243 e. The fourth-order valence-corrected chi connectivity index (χ4v) is 4.93. The van der Waals surface area contributed by atoms with Gasteiger partial charge in [0.2, 0.25) is 35.4 Å². The van der Waals surface area contributed by atoms with Crippen LogP contribution in [0.25, 0.3) is 0 Å². The molecular weight excluding hydrogens is 756 g/mol. The minimum atomic E-state index is -0.946. The van der Waals surface area contributed by atoms with Crippen molar-refractivity contribution in [3.05, 3.63) is 63.3 Å². The highest BCUT2D eigenvalue weighted by atomic mass is 16.5. The van der Waals surface area contributed by atoms with Gasteiger partial charge in [-0.1, -0.05) is 39.8 Å². The summed E-state index contributed by atoms with van der Waals surface area (Å²) in [6.07, 6.45) is 7.13. The first-order valence-electron chi connectivity index (χ1n) is 19.2. The summed E-state index contributed by atoms with van der Waals surface area (Å²) in [7, 11) is 0. The van der Waals surface area contributed by atoms with Crippen LogP contribution in [0.2, 0.25) is 0 Å². The minimum absolute atomic E-state index is 0.0287. The minimum Gasteiger partial charge on any atom is -0.380 e. The van der Waals surface area contributed by atoms with Crippen molar-refractivity contribution in [2.45, 2.75) is 26.2 Å². The van der Waals surface area contributed by atoms with Crippen molar-refractivity contribution in [3.8, 4) is 0 Å². The summed E-state index contributed by atoms with van der Waals surface area (Å²) in [5.74, 6) is -1.83. The van der Waals surface area contributed by atoms with Crippen molar-refractivity contribution in [3.63, 3.8) is 0 Å². The van der Waals surface area contributed by atoms with Gasteiger partial charge in [-0.15, -0.1) is 0 Å². The molecule has 0 rings (SSSR count). The largest absolute Gasteiger partial charge is 0.380 e. The molecule has 0 aromatic rings. The molecule has 0 fully saturated rings. The first-order valence-corrected chi connectivity index (χ1v) is 19.2. The Balaban J connectivity index is 6.41. The zero-order valence-electron chi connectivity index (χ0n) is 34.2. The van der Waals surface area contributed by atoms with E-state index in [4.69, 9.17) is 28.4 Å². The fourth-order valence-electron chi connectivity index (χ4n) is 4.93. The molecule has 18 heteroatoms. The maximum atomic E-state index is 11.9. The van der Waals surface area contributed by atoms with Crippen LogP contribution in [0.5, 0.6) is 0 Å². The van der Waals surface area contributed by atoms with Gasteiger partial charge in [0.05, 0.1) is 84.7 Å². The van der Waals surface area contributed by atoms with E-state index in [0.29, 0.717) is 25.8 Å². The molecule has 18 nitrogen and oxygen atoms in total. The van der Waals surface area contributed by atoms with Crippen molar-refractivity contribution >= 4 is 35.4 Å². The quantitative estimate of drug-likeness (QED) is 0.0352. The second-order valence-electron chi connectivity index (χ2n) is 13.0. The van der Waals surface area contributed by atoms with E-state index in [0.717, 1.165) is 24.3 Å². The van der Waals surface area contributed by atoms with E-state index >= 15 is 0 Å². The van der Waals surface area contributed by atoms with Crippen molar-refractivity contribution in [2.75, 3.05) is 119 Å². The van der Waals surface area contributed by atoms with Crippen LogP contribution < -0.4 is 31.9 Å². The van der Waals surface area contributed by atoms with Crippen molar-refractivity contribution in [1.29, 1.82) is 0 Å². The lowest BCUT2D eigenvalue weighted by molar-refractivity contribution is -0.132. The molecule has 0 radical (unpaired) electrons. The van der Waals surface area contributed by atoms with Crippen LogP contribution in [-0.4, -0.2) is 154 Å². The van der Waals surface area contributed by atoms with E-state index in [1.54, 1.807) is 6.92 Å². The molecule has 0 spiro atoms. The highest BCUT2D eigenvalue weighted by Gasteiger charge is 2.36. The average molecular weight is 823 g/mol. The lowest BCUT2D eigenvalue weighted by Gasteiger charge is -2.37. The van der Waals surface area contributed by atoms with Crippen LogP contribution in [0.1, 0.15) is 26.2 Å². The number of amides is 6. The Morgan fingerprint density at radius 2 is 0.690 bits per heavy atom. The van der Waals surface area contributed by atoms with Crippen LogP contribution in [0.3, 0.4) is 0 Å². The number of rotatable bonds is 39. The normalized spacial score (nSPS) is 11.9. The third kappa shape index (κ3) is 27.8. The SMILES string of the molecule is C=CC(=O)NCCCC(COCCNC(=O)C=C)(COCCNC(=O)CC)COCC(COCCNC(=O)C=C)(COCCNC(=O)C=C)COCCNC(=O)C=C. The Hall–Kier alpha value is -4.72. The number of carbonyl (C=O) groups is 6. The molecule has 0 saturated heterocycles. The van der Waals surface area contributed by atoms with Gasteiger partial charge in [0.1, 0.15) is 0 Å². The number of hydrogen-bond acceptors (Lipinski definition) is 12. The third-order valence-electron chi connectivity index (χ3n) is 8.04. The molecular formula is C40H66N6O12. The molecule has 0 aliphatic heterocycles. The molecule has 58 heavy (non-hydrogen) atoms. The summed E-state index contributed by atoms with van der Waals surface area (Å²) < 4.78 is 36.8. The van der Waals surface area contributed by atoms with E-state index in [-0.39, 0.29) is 147 Å². The van der Waals surface area contributed by atoms with E-state index in [1.165, 1.54) is 6.08 Å². The lowest BCUT2D eigenvalue weighted by Crippen LogP contribution is -2.45. The molecule has 0 heterocycles. The molecule has 328 valence electrons. The molecule has 0 aliphatic carbocycles. The molecule has 0 aromatic carbocycles.